The van der Waals surface area contributed by atoms with E-state index in [2.05, 4.69) is 19.2 Å². The molecule has 0 spiro atoms. The van der Waals surface area contributed by atoms with Gasteiger partial charge in [-0.05, 0) is 24.7 Å². The van der Waals surface area contributed by atoms with Gasteiger partial charge in [-0.25, -0.2) is 12.7 Å². The SMILES string of the molecule is CCC1(CC)CCN(S(=O)(=O)CCNC(C)C)C1. The van der Waals surface area contributed by atoms with Gasteiger partial charge in [0.15, 0.2) is 0 Å². The summed E-state index contributed by atoms with van der Waals surface area (Å²) in [5.41, 5.74) is 0.221. The van der Waals surface area contributed by atoms with E-state index in [0.717, 1.165) is 19.3 Å². The highest BCUT2D eigenvalue weighted by Crippen LogP contribution is 2.38. The number of rotatable bonds is 7. The third-order valence-electron chi connectivity index (χ3n) is 4.21. The van der Waals surface area contributed by atoms with E-state index in [-0.39, 0.29) is 11.2 Å². The van der Waals surface area contributed by atoms with Crippen molar-refractivity contribution in [2.45, 2.75) is 53.0 Å². The maximum absolute atomic E-state index is 12.2. The molecule has 5 heteroatoms. The normalized spacial score (nSPS) is 20.7. The van der Waals surface area contributed by atoms with Crippen LogP contribution in [0.3, 0.4) is 0 Å². The summed E-state index contributed by atoms with van der Waals surface area (Å²) in [5, 5.41) is 3.17. The van der Waals surface area contributed by atoms with Crippen LogP contribution in [0.5, 0.6) is 0 Å². The Hall–Kier alpha value is -0.130. The van der Waals surface area contributed by atoms with Gasteiger partial charge in [-0.15, -0.1) is 0 Å². The van der Waals surface area contributed by atoms with E-state index < -0.39 is 10.0 Å². The fourth-order valence-corrected chi connectivity index (χ4v) is 4.04. The van der Waals surface area contributed by atoms with Gasteiger partial charge in [0.2, 0.25) is 10.0 Å². The number of sulfonamides is 1. The van der Waals surface area contributed by atoms with Gasteiger partial charge in [-0.3, -0.25) is 0 Å². The predicted octanol–water partition coefficient (Wildman–Crippen LogP) is 1.83. The summed E-state index contributed by atoms with van der Waals surface area (Å²) in [6, 6.07) is 0.337. The van der Waals surface area contributed by atoms with Crippen molar-refractivity contribution in [3.63, 3.8) is 0 Å². The third kappa shape index (κ3) is 3.93. The number of nitrogens with zero attached hydrogens (tertiary/aromatic N) is 1. The Bertz CT molecular complexity index is 348. The molecule has 0 aromatic rings. The summed E-state index contributed by atoms with van der Waals surface area (Å²) in [7, 11) is -3.08. The molecule has 0 amide bonds. The number of nitrogens with one attached hydrogen (secondary N) is 1. The lowest BCUT2D eigenvalue weighted by Crippen LogP contribution is -2.37. The van der Waals surface area contributed by atoms with Crippen molar-refractivity contribution in [3.8, 4) is 0 Å². The molecule has 18 heavy (non-hydrogen) atoms. The van der Waals surface area contributed by atoms with Crippen molar-refractivity contribution in [1.29, 1.82) is 0 Å². The lowest BCUT2D eigenvalue weighted by atomic mass is 9.82. The average molecular weight is 276 g/mol. The summed E-state index contributed by atoms with van der Waals surface area (Å²) in [4.78, 5) is 0. The zero-order valence-corrected chi connectivity index (χ0v) is 13.0. The van der Waals surface area contributed by atoms with Crippen molar-refractivity contribution in [2.75, 3.05) is 25.4 Å². The Morgan fingerprint density at radius 3 is 2.33 bits per heavy atom. The summed E-state index contributed by atoms with van der Waals surface area (Å²) in [6.07, 6.45) is 3.15. The highest BCUT2D eigenvalue weighted by Gasteiger charge is 2.39. The monoisotopic (exact) mass is 276 g/mol. The van der Waals surface area contributed by atoms with Gasteiger partial charge in [0.05, 0.1) is 5.75 Å². The van der Waals surface area contributed by atoms with Crippen LogP contribution in [0.2, 0.25) is 0 Å². The molecule has 0 saturated carbocycles. The molecule has 4 nitrogen and oxygen atoms in total. The van der Waals surface area contributed by atoms with E-state index in [1.165, 1.54) is 0 Å². The van der Waals surface area contributed by atoms with Gasteiger partial charge >= 0.3 is 0 Å². The highest BCUT2D eigenvalue weighted by atomic mass is 32.2. The fraction of sp³-hybridized carbons (Fsp3) is 1.00. The first kappa shape index (κ1) is 15.9. The minimum atomic E-state index is -3.08. The summed E-state index contributed by atoms with van der Waals surface area (Å²) < 4.78 is 26.1. The van der Waals surface area contributed by atoms with Crippen molar-refractivity contribution in [3.05, 3.63) is 0 Å². The zero-order chi connectivity index (χ0) is 13.8. The molecular weight excluding hydrogens is 248 g/mol. The van der Waals surface area contributed by atoms with Gasteiger partial charge in [0.1, 0.15) is 0 Å². The first-order valence-electron chi connectivity index (χ1n) is 7.06. The lowest BCUT2D eigenvalue weighted by molar-refractivity contribution is 0.279. The predicted molar refractivity (Wildman–Crippen MR) is 76.1 cm³/mol. The summed E-state index contributed by atoms with van der Waals surface area (Å²) in [5.74, 6) is 0.217. The Kier molecular flexibility index (Phi) is 5.62. The molecule has 1 heterocycles. The van der Waals surface area contributed by atoms with E-state index in [1.807, 2.05) is 13.8 Å². The largest absolute Gasteiger partial charge is 0.313 e. The molecule has 1 rings (SSSR count). The molecule has 0 aliphatic carbocycles. The minimum absolute atomic E-state index is 0.217. The second-order valence-corrected chi connectivity index (χ2v) is 7.80. The van der Waals surface area contributed by atoms with Crippen molar-refractivity contribution >= 4 is 10.0 Å². The Morgan fingerprint density at radius 2 is 1.89 bits per heavy atom. The molecule has 1 aliphatic heterocycles. The molecule has 0 radical (unpaired) electrons. The van der Waals surface area contributed by atoms with Crippen LogP contribution in [-0.4, -0.2) is 44.2 Å². The van der Waals surface area contributed by atoms with Crippen LogP contribution in [0.4, 0.5) is 0 Å². The van der Waals surface area contributed by atoms with E-state index in [1.54, 1.807) is 4.31 Å². The van der Waals surface area contributed by atoms with E-state index >= 15 is 0 Å². The molecule has 1 aliphatic rings. The smallest absolute Gasteiger partial charge is 0.215 e. The summed E-state index contributed by atoms with van der Waals surface area (Å²) >= 11 is 0. The van der Waals surface area contributed by atoms with Gasteiger partial charge in [0, 0.05) is 25.7 Å². The first-order chi connectivity index (χ1) is 8.35. The Morgan fingerprint density at radius 1 is 1.28 bits per heavy atom. The molecule has 108 valence electrons. The molecule has 0 aromatic carbocycles. The van der Waals surface area contributed by atoms with Crippen LogP contribution in [0.25, 0.3) is 0 Å². The molecule has 0 aromatic heterocycles. The molecule has 1 fully saturated rings. The van der Waals surface area contributed by atoms with Crippen molar-refractivity contribution in [1.82, 2.24) is 9.62 Å². The average Bonchev–Trinajstić information content (AvgIpc) is 2.74. The standard InChI is InChI=1S/C13H28N2O2S/c1-5-13(6-2)7-9-15(11-13)18(16,17)10-8-14-12(3)4/h12,14H,5-11H2,1-4H3. The molecule has 1 N–H and O–H groups in total. The van der Waals surface area contributed by atoms with Crippen molar-refractivity contribution in [2.24, 2.45) is 5.41 Å². The zero-order valence-electron chi connectivity index (χ0n) is 12.2. The van der Waals surface area contributed by atoms with Gasteiger partial charge < -0.3 is 5.32 Å². The minimum Gasteiger partial charge on any atom is -0.313 e. The van der Waals surface area contributed by atoms with Crippen LogP contribution in [-0.2, 0) is 10.0 Å². The van der Waals surface area contributed by atoms with E-state index in [4.69, 9.17) is 0 Å². The van der Waals surface area contributed by atoms with Gasteiger partial charge in [-0.1, -0.05) is 27.7 Å². The maximum atomic E-state index is 12.2. The number of hydrogen-bond acceptors (Lipinski definition) is 3. The van der Waals surface area contributed by atoms with E-state index in [9.17, 15) is 8.42 Å². The van der Waals surface area contributed by atoms with Crippen LogP contribution < -0.4 is 5.32 Å². The van der Waals surface area contributed by atoms with Crippen LogP contribution in [0, 0.1) is 5.41 Å². The van der Waals surface area contributed by atoms with Crippen LogP contribution in [0.1, 0.15) is 47.0 Å². The third-order valence-corrected chi connectivity index (χ3v) is 6.03. The number of hydrogen-bond donors (Lipinski definition) is 1. The van der Waals surface area contributed by atoms with Gasteiger partial charge in [-0.2, -0.15) is 0 Å². The summed E-state index contributed by atoms with van der Waals surface area (Å²) in [6.45, 7) is 10.3. The lowest BCUT2D eigenvalue weighted by Gasteiger charge is -2.26. The van der Waals surface area contributed by atoms with Crippen molar-refractivity contribution < 1.29 is 8.42 Å². The molecule has 1 saturated heterocycles. The van der Waals surface area contributed by atoms with Crippen LogP contribution in [0.15, 0.2) is 0 Å². The Balaban J connectivity index is 2.55. The molecule has 0 bridgehead atoms. The van der Waals surface area contributed by atoms with Crippen LogP contribution >= 0.6 is 0 Å². The molecule has 0 unspecified atom stereocenters. The quantitative estimate of drug-likeness (QED) is 0.772. The van der Waals surface area contributed by atoms with Gasteiger partial charge in [0.25, 0.3) is 0 Å². The maximum Gasteiger partial charge on any atom is 0.215 e. The topological polar surface area (TPSA) is 49.4 Å². The van der Waals surface area contributed by atoms with E-state index in [0.29, 0.717) is 25.7 Å². The molecular formula is C13H28N2O2S. The Labute approximate surface area is 112 Å². The molecule has 0 atom stereocenters. The highest BCUT2D eigenvalue weighted by molar-refractivity contribution is 7.89. The second-order valence-electron chi connectivity index (χ2n) is 5.72. The second kappa shape index (κ2) is 6.35. The fourth-order valence-electron chi connectivity index (χ4n) is 2.56. The first-order valence-corrected chi connectivity index (χ1v) is 8.67.